The summed E-state index contributed by atoms with van der Waals surface area (Å²) < 4.78 is 1.08. The van der Waals surface area contributed by atoms with Gasteiger partial charge in [0.2, 0.25) is 0 Å². The van der Waals surface area contributed by atoms with E-state index in [1.165, 1.54) is 77.3 Å². The lowest BCUT2D eigenvalue weighted by molar-refractivity contribution is -0.910. The first-order chi connectivity index (χ1) is 9.18. The smallest absolute Gasteiger partial charge is 0.102 e. The highest BCUT2D eigenvalue weighted by Gasteiger charge is 2.19. The Balaban J connectivity index is 0. The summed E-state index contributed by atoms with van der Waals surface area (Å²) in [6.45, 7) is 8.29. The molecule has 0 spiro atoms. The molecule has 0 aromatic carbocycles. The Labute approximate surface area is 133 Å². The summed E-state index contributed by atoms with van der Waals surface area (Å²) in [6.07, 6.45) is 13.5. The Bertz CT molecular complexity index is 174. The van der Waals surface area contributed by atoms with Gasteiger partial charge in [0.15, 0.2) is 0 Å². The van der Waals surface area contributed by atoms with Gasteiger partial charge in [-0.2, -0.15) is 0 Å². The number of halogens is 1. The number of likely N-dealkylation sites (N-methyl/N-ethyl adjacent to an activating group) is 1. The average molecular weight is 308 g/mol. The van der Waals surface area contributed by atoms with Crippen LogP contribution in [0, 0.1) is 0 Å². The van der Waals surface area contributed by atoms with Crippen molar-refractivity contribution in [1.82, 2.24) is 0 Å². The Kier molecular flexibility index (Phi) is 17.5. The zero-order valence-electron chi connectivity index (χ0n) is 14.2. The summed E-state index contributed by atoms with van der Waals surface area (Å²) in [5.41, 5.74) is 0. The number of hydrogen-bond donors (Lipinski definition) is 1. The molecule has 1 N–H and O–H groups in total. The highest BCUT2D eigenvalue weighted by Crippen LogP contribution is 2.12. The van der Waals surface area contributed by atoms with E-state index in [1.54, 1.807) is 0 Å². The second-order valence-electron chi connectivity index (χ2n) is 6.34. The van der Waals surface area contributed by atoms with Crippen LogP contribution in [0.25, 0.3) is 0 Å². The van der Waals surface area contributed by atoms with Crippen LogP contribution in [0.5, 0.6) is 0 Å². The van der Waals surface area contributed by atoms with E-state index >= 15 is 0 Å². The summed E-state index contributed by atoms with van der Waals surface area (Å²) in [5, 5.41) is 9.27. The zero-order chi connectivity index (χ0) is 14.4. The van der Waals surface area contributed by atoms with Crippen molar-refractivity contribution >= 4 is 0 Å². The number of quaternary nitrogens is 1. The molecule has 0 bridgehead atoms. The van der Waals surface area contributed by atoms with E-state index in [1.807, 2.05) is 0 Å². The number of aliphatic hydroxyl groups is 1. The van der Waals surface area contributed by atoms with Crippen molar-refractivity contribution in [2.24, 2.45) is 0 Å². The number of aliphatic hydroxyl groups excluding tert-OH is 1. The van der Waals surface area contributed by atoms with Gasteiger partial charge < -0.3 is 22.0 Å². The molecule has 3 heteroatoms. The van der Waals surface area contributed by atoms with Gasteiger partial charge >= 0.3 is 0 Å². The fourth-order valence-electron chi connectivity index (χ4n) is 2.77. The van der Waals surface area contributed by atoms with Gasteiger partial charge in [-0.1, -0.05) is 52.4 Å². The lowest BCUT2D eigenvalue weighted by atomic mass is 10.1. The molecule has 0 heterocycles. The van der Waals surface area contributed by atoms with E-state index in [2.05, 4.69) is 20.9 Å². The normalized spacial score (nSPS) is 11.4. The fourth-order valence-corrected chi connectivity index (χ4v) is 2.77. The van der Waals surface area contributed by atoms with Gasteiger partial charge in [-0.15, -0.1) is 0 Å². The molecule has 0 unspecified atom stereocenters. The maximum absolute atomic E-state index is 9.27. The first kappa shape index (κ1) is 22.5. The van der Waals surface area contributed by atoms with Crippen LogP contribution in [0.3, 0.4) is 0 Å². The molecule has 0 atom stereocenters. The molecule has 0 aromatic rings. The van der Waals surface area contributed by atoms with Gasteiger partial charge in [0.1, 0.15) is 6.54 Å². The van der Waals surface area contributed by atoms with Gasteiger partial charge in [0, 0.05) is 0 Å². The third kappa shape index (κ3) is 13.2. The van der Waals surface area contributed by atoms with Crippen molar-refractivity contribution in [2.75, 3.05) is 33.3 Å². The van der Waals surface area contributed by atoms with Crippen molar-refractivity contribution in [3.63, 3.8) is 0 Å². The molecule has 0 aromatic heterocycles. The van der Waals surface area contributed by atoms with Crippen molar-refractivity contribution in [3.8, 4) is 0 Å². The summed E-state index contributed by atoms with van der Waals surface area (Å²) in [5.74, 6) is 0. The van der Waals surface area contributed by atoms with Crippen LogP contribution >= 0.6 is 0 Å². The maximum Gasteiger partial charge on any atom is 0.102 e. The molecule has 0 aliphatic heterocycles. The Hall–Kier alpha value is 0.210. The van der Waals surface area contributed by atoms with E-state index in [-0.39, 0.29) is 12.4 Å². The fraction of sp³-hybridized carbons (Fsp3) is 1.00. The Morgan fingerprint density at radius 3 is 1.40 bits per heavy atom. The van der Waals surface area contributed by atoms with E-state index < -0.39 is 0 Å². The highest BCUT2D eigenvalue weighted by molar-refractivity contribution is 4.48. The minimum Gasteiger partial charge on any atom is -1.00 e. The Morgan fingerprint density at radius 1 is 0.650 bits per heavy atom. The van der Waals surface area contributed by atoms with E-state index in [4.69, 9.17) is 0 Å². The van der Waals surface area contributed by atoms with Gasteiger partial charge in [0.25, 0.3) is 0 Å². The number of unbranched alkanes of at least 4 members (excludes halogenated alkanes) is 8. The predicted molar refractivity (Wildman–Crippen MR) is 85.4 cm³/mol. The van der Waals surface area contributed by atoms with Crippen LogP contribution in [0.4, 0.5) is 0 Å². The van der Waals surface area contributed by atoms with Crippen LogP contribution in [-0.2, 0) is 0 Å². The van der Waals surface area contributed by atoms with Gasteiger partial charge in [-0.3, -0.25) is 0 Å². The van der Waals surface area contributed by atoms with Crippen LogP contribution in [-0.4, -0.2) is 42.9 Å². The molecule has 0 aliphatic carbocycles. The van der Waals surface area contributed by atoms with E-state index in [9.17, 15) is 5.11 Å². The molecule has 0 radical (unpaired) electrons. The largest absolute Gasteiger partial charge is 1.00 e. The maximum atomic E-state index is 9.27. The van der Waals surface area contributed by atoms with Crippen molar-refractivity contribution in [1.29, 1.82) is 0 Å². The standard InChI is InChI=1S/C17H38NO.ClH/c1-4-6-8-10-12-14-18(3,16-17-19)15-13-11-9-7-5-2;/h19H,4-17H2,1-3H3;1H/q+1;/p-1. The monoisotopic (exact) mass is 307 g/mol. The first-order valence-electron chi connectivity index (χ1n) is 8.63. The second kappa shape index (κ2) is 15.6. The van der Waals surface area contributed by atoms with E-state index in [0.29, 0.717) is 6.61 Å². The minimum atomic E-state index is 0. The zero-order valence-corrected chi connectivity index (χ0v) is 14.9. The predicted octanol–water partition coefficient (Wildman–Crippen LogP) is 1.37. The molecule has 2 nitrogen and oxygen atoms in total. The molecule has 0 aliphatic rings. The topological polar surface area (TPSA) is 20.2 Å². The van der Waals surface area contributed by atoms with E-state index in [0.717, 1.165) is 11.0 Å². The average Bonchev–Trinajstić information content (AvgIpc) is 2.39. The molecule has 0 amide bonds. The molecular weight excluding hydrogens is 270 g/mol. The Morgan fingerprint density at radius 2 is 1.05 bits per heavy atom. The third-order valence-electron chi connectivity index (χ3n) is 4.24. The van der Waals surface area contributed by atoms with Gasteiger partial charge in [0.05, 0.1) is 26.7 Å². The highest BCUT2D eigenvalue weighted by atomic mass is 35.5. The molecular formula is C17H38ClNO. The summed E-state index contributed by atoms with van der Waals surface area (Å²) >= 11 is 0. The van der Waals surface area contributed by atoms with Crippen LogP contribution < -0.4 is 12.4 Å². The first-order valence-corrected chi connectivity index (χ1v) is 8.63. The van der Waals surface area contributed by atoms with Crippen molar-refractivity contribution in [3.05, 3.63) is 0 Å². The summed E-state index contributed by atoms with van der Waals surface area (Å²) in [6, 6.07) is 0. The minimum absolute atomic E-state index is 0. The second-order valence-corrected chi connectivity index (χ2v) is 6.34. The van der Waals surface area contributed by atoms with Gasteiger partial charge in [-0.25, -0.2) is 0 Å². The number of rotatable bonds is 14. The van der Waals surface area contributed by atoms with Gasteiger partial charge in [-0.05, 0) is 25.7 Å². The molecule has 20 heavy (non-hydrogen) atoms. The van der Waals surface area contributed by atoms with Crippen molar-refractivity contribution in [2.45, 2.75) is 78.1 Å². The number of hydrogen-bond acceptors (Lipinski definition) is 1. The molecule has 124 valence electrons. The van der Waals surface area contributed by atoms with Crippen molar-refractivity contribution < 1.29 is 22.0 Å². The SMILES string of the molecule is CCCCCCC[N+](C)(CCO)CCCCCCC.[Cl-]. The lowest BCUT2D eigenvalue weighted by Gasteiger charge is -2.34. The summed E-state index contributed by atoms with van der Waals surface area (Å²) in [4.78, 5) is 0. The van der Waals surface area contributed by atoms with Crippen LogP contribution in [0.2, 0.25) is 0 Å². The molecule has 0 fully saturated rings. The molecule has 0 rings (SSSR count). The molecule has 0 saturated heterocycles. The molecule has 0 saturated carbocycles. The summed E-state index contributed by atoms with van der Waals surface area (Å²) in [7, 11) is 2.33. The quantitative estimate of drug-likeness (QED) is 0.380. The third-order valence-corrected chi connectivity index (χ3v) is 4.24. The lowest BCUT2D eigenvalue weighted by Crippen LogP contribution is -3.00. The number of nitrogens with zero attached hydrogens (tertiary/aromatic N) is 1. The van der Waals surface area contributed by atoms with Crippen LogP contribution in [0.1, 0.15) is 78.1 Å². The van der Waals surface area contributed by atoms with Crippen LogP contribution in [0.15, 0.2) is 0 Å².